The number of ether oxygens (including phenoxy) is 1. The number of aromatic nitrogens is 1. The molecule has 3 aromatic rings. The summed E-state index contributed by atoms with van der Waals surface area (Å²) in [7, 11) is 1.24. The predicted octanol–water partition coefficient (Wildman–Crippen LogP) is 4.92. The van der Waals surface area contributed by atoms with Gasteiger partial charge < -0.3 is 9.30 Å². The quantitative estimate of drug-likeness (QED) is 0.406. The van der Waals surface area contributed by atoms with E-state index in [1.165, 1.54) is 18.4 Å². The summed E-state index contributed by atoms with van der Waals surface area (Å²) in [6.07, 6.45) is 0.953. The summed E-state index contributed by atoms with van der Waals surface area (Å²) in [5, 5.41) is 0. The maximum Gasteiger partial charge on any atom is 0.374 e. The molecule has 0 bridgehead atoms. The lowest BCUT2D eigenvalue weighted by Crippen LogP contribution is -2.22. The number of hydrogen-bond donors (Lipinski definition) is 0. The molecule has 2 aromatic carbocycles. The molecule has 29 heavy (non-hydrogen) atoms. The Bertz CT molecular complexity index is 960. The van der Waals surface area contributed by atoms with Gasteiger partial charge in [-0.25, -0.2) is 4.79 Å². The molecule has 0 N–H and O–H groups in total. The summed E-state index contributed by atoms with van der Waals surface area (Å²) in [5.41, 5.74) is 4.43. The molecular weight excluding hydrogens is 362 g/mol. The highest BCUT2D eigenvalue weighted by Crippen LogP contribution is 2.34. The minimum Gasteiger partial charge on any atom is -0.463 e. The van der Waals surface area contributed by atoms with Crippen molar-refractivity contribution in [3.63, 3.8) is 0 Å². The fraction of sp³-hybridized carbons (Fsp3) is 0.280. The van der Waals surface area contributed by atoms with Gasteiger partial charge in [-0.1, -0.05) is 67.6 Å². The summed E-state index contributed by atoms with van der Waals surface area (Å²) in [5.74, 6) is -1.54. The third-order valence-corrected chi connectivity index (χ3v) is 5.43. The fourth-order valence-corrected chi connectivity index (χ4v) is 3.89. The molecule has 1 aromatic heterocycles. The van der Waals surface area contributed by atoms with E-state index in [9.17, 15) is 9.59 Å². The van der Waals surface area contributed by atoms with E-state index in [0.29, 0.717) is 0 Å². The molecule has 2 atom stereocenters. The summed E-state index contributed by atoms with van der Waals surface area (Å²) in [6, 6.07) is 24.5. The first-order chi connectivity index (χ1) is 14.1. The molecule has 4 nitrogen and oxygen atoms in total. The lowest BCUT2D eigenvalue weighted by Gasteiger charge is -2.26. The van der Waals surface area contributed by atoms with E-state index in [2.05, 4.69) is 47.4 Å². The van der Waals surface area contributed by atoms with Crippen LogP contribution in [0, 0.1) is 0 Å². The Hall–Kier alpha value is -3.14. The number of hydrogen-bond acceptors (Lipinski definition) is 3. The van der Waals surface area contributed by atoms with E-state index < -0.39 is 11.8 Å². The van der Waals surface area contributed by atoms with Crippen molar-refractivity contribution in [3.05, 3.63) is 95.3 Å². The molecule has 0 radical (unpaired) electrons. The van der Waals surface area contributed by atoms with Gasteiger partial charge in [0.2, 0.25) is 5.78 Å². The second-order valence-corrected chi connectivity index (χ2v) is 7.14. The van der Waals surface area contributed by atoms with Gasteiger partial charge in [0.15, 0.2) is 0 Å². The van der Waals surface area contributed by atoms with Gasteiger partial charge >= 0.3 is 5.97 Å². The Balaban J connectivity index is 2.09. The fourth-order valence-electron chi connectivity index (χ4n) is 3.89. The number of Topliss-reactive ketones (excluding diaryl/α,β-unsaturated/α-hetero) is 1. The van der Waals surface area contributed by atoms with Crippen LogP contribution in [0.4, 0.5) is 0 Å². The second kappa shape index (κ2) is 9.37. The molecule has 0 saturated heterocycles. The van der Waals surface area contributed by atoms with Crippen LogP contribution in [0.15, 0.2) is 72.8 Å². The average molecular weight is 389 g/mol. The van der Waals surface area contributed by atoms with Gasteiger partial charge in [0, 0.05) is 23.7 Å². The molecule has 4 heteroatoms. The monoisotopic (exact) mass is 389 g/mol. The first kappa shape index (κ1) is 20.6. The van der Waals surface area contributed by atoms with Crippen molar-refractivity contribution in [1.29, 1.82) is 0 Å². The number of nitrogens with zero attached hydrogens (tertiary/aromatic N) is 1. The van der Waals surface area contributed by atoms with Crippen molar-refractivity contribution in [2.45, 2.75) is 38.6 Å². The maximum absolute atomic E-state index is 12.5. The van der Waals surface area contributed by atoms with Crippen LogP contribution in [0.1, 0.15) is 54.7 Å². The Kier molecular flexibility index (Phi) is 6.65. The number of methoxy groups -OCH3 is 1. The molecule has 0 unspecified atom stereocenters. The Morgan fingerprint density at radius 2 is 1.48 bits per heavy atom. The van der Waals surface area contributed by atoms with E-state index in [0.717, 1.165) is 17.7 Å². The number of carbonyl (C=O) groups excluding carboxylic acids is 2. The molecule has 0 fully saturated rings. The smallest absolute Gasteiger partial charge is 0.374 e. The van der Waals surface area contributed by atoms with Gasteiger partial charge in [-0.05, 0) is 36.6 Å². The first-order valence-electron chi connectivity index (χ1n) is 9.97. The van der Waals surface area contributed by atoms with Crippen molar-refractivity contribution < 1.29 is 14.3 Å². The van der Waals surface area contributed by atoms with Gasteiger partial charge in [-0.2, -0.15) is 0 Å². The molecule has 0 saturated carbocycles. The van der Waals surface area contributed by atoms with Crippen LogP contribution in [0.2, 0.25) is 0 Å². The van der Waals surface area contributed by atoms with Crippen molar-refractivity contribution in [1.82, 2.24) is 4.57 Å². The largest absolute Gasteiger partial charge is 0.463 e. The lowest BCUT2D eigenvalue weighted by molar-refractivity contribution is -0.151. The third kappa shape index (κ3) is 4.48. The maximum atomic E-state index is 12.5. The standard InChI is InChI=1S/C25H27NO3/c1-4-21-15-16-23(26(21)18(2)19-11-7-5-8-12-19)22(17-24(27)25(28)29-3)20-13-9-6-10-14-20/h5-16,18,22H,4,17H2,1-3H3/t18-,22-/m1/s1. The molecule has 3 rings (SSSR count). The number of benzene rings is 2. The van der Waals surface area contributed by atoms with Gasteiger partial charge in [0.05, 0.1) is 13.2 Å². The topological polar surface area (TPSA) is 48.3 Å². The zero-order valence-corrected chi connectivity index (χ0v) is 17.2. The molecular formula is C25H27NO3. The molecule has 0 spiro atoms. The molecule has 0 aliphatic heterocycles. The number of esters is 1. The van der Waals surface area contributed by atoms with E-state index in [-0.39, 0.29) is 18.4 Å². The second-order valence-electron chi connectivity index (χ2n) is 7.14. The van der Waals surface area contributed by atoms with Crippen LogP contribution in [-0.4, -0.2) is 23.4 Å². The summed E-state index contributed by atoms with van der Waals surface area (Å²) >= 11 is 0. The highest BCUT2D eigenvalue weighted by Gasteiger charge is 2.27. The van der Waals surface area contributed by atoms with Gasteiger partial charge in [0.25, 0.3) is 0 Å². The highest BCUT2D eigenvalue weighted by molar-refractivity contribution is 6.33. The average Bonchev–Trinajstić information content (AvgIpc) is 3.21. The van der Waals surface area contributed by atoms with Crippen molar-refractivity contribution in [2.24, 2.45) is 0 Å². The molecule has 0 aliphatic rings. The zero-order chi connectivity index (χ0) is 20.8. The Labute approximate surface area is 172 Å². The number of rotatable bonds is 8. The van der Waals surface area contributed by atoms with Crippen LogP contribution in [-0.2, 0) is 20.7 Å². The Morgan fingerprint density at radius 3 is 2.03 bits per heavy atom. The van der Waals surface area contributed by atoms with E-state index >= 15 is 0 Å². The van der Waals surface area contributed by atoms with E-state index in [4.69, 9.17) is 0 Å². The van der Waals surface area contributed by atoms with Crippen molar-refractivity contribution in [2.75, 3.05) is 7.11 Å². The van der Waals surface area contributed by atoms with E-state index in [1.807, 2.05) is 48.5 Å². The normalized spacial score (nSPS) is 12.9. The van der Waals surface area contributed by atoms with Crippen LogP contribution in [0.25, 0.3) is 0 Å². The number of ketones is 1. The number of aryl methyl sites for hydroxylation is 1. The molecule has 150 valence electrons. The Morgan fingerprint density at radius 1 is 0.897 bits per heavy atom. The SMILES string of the molecule is CCc1ccc([C@H](CC(=O)C(=O)OC)c2ccccc2)n1[C@H](C)c1ccccc1. The number of carbonyl (C=O) groups is 2. The first-order valence-corrected chi connectivity index (χ1v) is 9.97. The predicted molar refractivity (Wildman–Crippen MR) is 114 cm³/mol. The van der Waals surface area contributed by atoms with Crippen molar-refractivity contribution in [3.8, 4) is 0 Å². The minimum absolute atomic E-state index is 0.0748. The summed E-state index contributed by atoms with van der Waals surface area (Å²) in [6.45, 7) is 4.30. The molecule has 0 aliphatic carbocycles. The van der Waals surface area contributed by atoms with Crippen molar-refractivity contribution >= 4 is 11.8 Å². The molecule has 1 heterocycles. The minimum atomic E-state index is -0.795. The van der Waals surface area contributed by atoms with E-state index in [1.54, 1.807) is 0 Å². The van der Waals surface area contributed by atoms with Gasteiger partial charge in [0.1, 0.15) is 0 Å². The van der Waals surface area contributed by atoms with Crippen LogP contribution >= 0.6 is 0 Å². The third-order valence-electron chi connectivity index (χ3n) is 5.43. The van der Waals surface area contributed by atoms with Crippen LogP contribution in [0.3, 0.4) is 0 Å². The zero-order valence-electron chi connectivity index (χ0n) is 17.2. The summed E-state index contributed by atoms with van der Waals surface area (Å²) in [4.78, 5) is 24.3. The summed E-state index contributed by atoms with van der Waals surface area (Å²) < 4.78 is 6.97. The van der Waals surface area contributed by atoms with Crippen LogP contribution in [0.5, 0.6) is 0 Å². The van der Waals surface area contributed by atoms with Gasteiger partial charge in [-0.3, -0.25) is 4.79 Å². The lowest BCUT2D eigenvalue weighted by atomic mass is 9.90. The highest BCUT2D eigenvalue weighted by atomic mass is 16.5. The molecule has 0 amide bonds. The van der Waals surface area contributed by atoms with Gasteiger partial charge in [-0.15, -0.1) is 0 Å². The van der Waals surface area contributed by atoms with Crippen LogP contribution < -0.4 is 0 Å².